The van der Waals surface area contributed by atoms with Crippen molar-refractivity contribution in [1.82, 2.24) is 4.98 Å². The standard InChI is InChI=1S/C8H7N3O2S/c9-7(13)11-8-10-5-2-1-4(12)3-6(5)14-8/h1-3,12H,(H3,9,10,11,13). The Kier molecular flexibility index (Phi) is 1.97. The van der Waals surface area contributed by atoms with Crippen molar-refractivity contribution in [2.75, 3.05) is 5.32 Å². The zero-order chi connectivity index (χ0) is 10.1. The van der Waals surface area contributed by atoms with Gasteiger partial charge in [-0.2, -0.15) is 0 Å². The van der Waals surface area contributed by atoms with Crippen LogP contribution in [-0.4, -0.2) is 16.1 Å². The molecule has 1 heterocycles. The van der Waals surface area contributed by atoms with Gasteiger partial charge in [-0.1, -0.05) is 11.3 Å². The first kappa shape index (κ1) is 8.76. The Morgan fingerprint density at radius 1 is 1.57 bits per heavy atom. The van der Waals surface area contributed by atoms with E-state index in [4.69, 9.17) is 5.73 Å². The van der Waals surface area contributed by atoms with Crippen LogP contribution in [0.3, 0.4) is 0 Å². The smallest absolute Gasteiger partial charge is 0.318 e. The molecule has 2 aromatic rings. The molecule has 0 atom stereocenters. The van der Waals surface area contributed by atoms with Crippen molar-refractivity contribution in [1.29, 1.82) is 0 Å². The number of hydrogen-bond donors (Lipinski definition) is 3. The van der Waals surface area contributed by atoms with Gasteiger partial charge in [-0.25, -0.2) is 9.78 Å². The van der Waals surface area contributed by atoms with Crippen molar-refractivity contribution in [3.8, 4) is 5.75 Å². The highest BCUT2D eigenvalue weighted by molar-refractivity contribution is 7.22. The minimum Gasteiger partial charge on any atom is -0.508 e. The number of thiazole rings is 1. The average Bonchev–Trinajstić information content (AvgIpc) is 2.44. The fourth-order valence-electron chi connectivity index (χ4n) is 1.07. The highest BCUT2D eigenvalue weighted by atomic mass is 32.1. The molecule has 0 aliphatic heterocycles. The Bertz CT molecular complexity index is 494. The van der Waals surface area contributed by atoms with E-state index in [1.165, 1.54) is 17.4 Å². The molecule has 1 aromatic carbocycles. The summed E-state index contributed by atoms with van der Waals surface area (Å²) in [5, 5.41) is 12.0. The van der Waals surface area contributed by atoms with Gasteiger partial charge in [-0.05, 0) is 18.2 Å². The first-order chi connectivity index (χ1) is 6.65. The molecular formula is C8H7N3O2S. The van der Waals surface area contributed by atoms with Gasteiger partial charge in [0.05, 0.1) is 10.2 Å². The van der Waals surface area contributed by atoms with E-state index >= 15 is 0 Å². The van der Waals surface area contributed by atoms with Gasteiger partial charge in [0.1, 0.15) is 5.75 Å². The predicted molar refractivity (Wildman–Crippen MR) is 54.5 cm³/mol. The fourth-order valence-corrected chi connectivity index (χ4v) is 1.97. The SMILES string of the molecule is NC(=O)Nc1nc2ccc(O)cc2s1. The molecule has 14 heavy (non-hydrogen) atoms. The van der Waals surface area contributed by atoms with Crippen LogP contribution in [0.15, 0.2) is 18.2 Å². The number of benzene rings is 1. The Morgan fingerprint density at radius 3 is 3.07 bits per heavy atom. The van der Waals surface area contributed by atoms with E-state index in [0.29, 0.717) is 5.13 Å². The van der Waals surface area contributed by atoms with Gasteiger partial charge in [-0.15, -0.1) is 0 Å². The van der Waals surface area contributed by atoms with Crippen molar-refractivity contribution in [3.05, 3.63) is 18.2 Å². The number of carbonyl (C=O) groups excluding carboxylic acids is 1. The molecule has 6 heteroatoms. The first-order valence-corrected chi connectivity index (χ1v) is 4.63. The maximum absolute atomic E-state index is 10.5. The Balaban J connectivity index is 2.46. The van der Waals surface area contributed by atoms with Crippen LogP contribution in [0.5, 0.6) is 5.75 Å². The molecule has 0 saturated carbocycles. The van der Waals surface area contributed by atoms with Gasteiger partial charge in [0.25, 0.3) is 0 Å². The van der Waals surface area contributed by atoms with Crippen LogP contribution in [0.25, 0.3) is 10.2 Å². The van der Waals surface area contributed by atoms with E-state index in [-0.39, 0.29) is 5.75 Å². The molecular weight excluding hydrogens is 202 g/mol. The summed E-state index contributed by atoms with van der Waals surface area (Å²) in [7, 11) is 0. The monoisotopic (exact) mass is 209 g/mol. The van der Waals surface area contributed by atoms with E-state index in [2.05, 4.69) is 10.3 Å². The molecule has 2 amide bonds. The highest BCUT2D eigenvalue weighted by Crippen LogP contribution is 2.28. The van der Waals surface area contributed by atoms with Crippen LogP contribution in [-0.2, 0) is 0 Å². The van der Waals surface area contributed by atoms with Crippen LogP contribution in [0.1, 0.15) is 0 Å². The molecule has 0 saturated heterocycles. The third-order valence-electron chi connectivity index (χ3n) is 1.60. The summed E-state index contributed by atoms with van der Waals surface area (Å²) < 4.78 is 0.800. The normalized spacial score (nSPS) is 10.3. The molecule has 2 rings (SSSR count). The van der Waals surface area contributed by atoms with E-state index in [0.717, 1.165) is 10.2 Å². The number of phenolic OH excluding ortho intramolecular Hbond substituents is 1. The molecule has 0 fully saturated rings. The first-order valence-electron chi connectivity index (χ1n) is 3.81. The number of primary amides is 1. The van der Waals surface area contributed by atoms with Gasteiger partial charge in [0, 0.05) is 0 Å². The molecule has 0 spiro atoms. The zero-order valence-corrected chi connectivity index (χ0v) is 7.84. The van der Waals surface area contributed by atoms with E-state index < -0.39 is 6.03 Å². The zero-order valence-electron chi connectivity index (χ0n) is 7.02. The molecule has 1 aromatic heterocycles. The van der Waals surface area contributed by atoms with Crippen LogP contribution in [0, 0.1) is 0 Å². The lowest BCUT2D eigenvalue weighted by atomic mass is 10.3. The summed E-state index contributed by atoms with van der Waals surface area (Å²) >= 11 is 1.26. The maximum Gasteiger partial charge on any atom is 0.318 e. The number of fused-ring (bicyclic) bond motifs is 1. The van der Waals surface area contributed by atoms with Crippen molar-refractivity contribution in [2.24, 2.45) is 5.73 Å². The Morgan fingerprint density at radius 2 is 2.36 bits per heavy atom. The number of rotatable bonds is 1. The van der Waals surface area contributed by atoms with Gasteiger partial charge < -0.3 is 10.8 Å². The van der Waals surface area contributed by atoms with Crippen LogP contribution in [0.4, 0.5) is 9.93 Å². The predicted octanol–water partition coefficient (Wildman–Crippen LogP) is 1.49. The Hall–Kier alpha value is -1.82. The summed E-state index contributed by atoms with van der Waals surface area (Å²) in [4.78, 5) is 14.6. The van der Waals surface area contributed by atoms with E-state index in [9.17, 15) is 9.90 Å². The summed E-state index contributed by atoms with van der Waals surface area (Å²) in [5.74, 6) is 0.173. The summed E-state index contributed by atoms with van der Waals surface area (Å²) in [6.45, 7) is 0. The second-order valence-electron chi connectivity index (χ2n) is 2.66. The second kappa shape index (κ2) is 3.15. The summed E-state index contributed by atoms with van der Waals surface area (Å²) in [6, 6.07) is 4.15. The van der Waals surface area contributed by atoms with Gasteiger partial charge in [0.15, 0.2) is 5.13 Å². The number of aromatic hydroxyl groups is 1. The van der Waals surface area contributed by atoms with Gasteiger partial charge >= 0.3 is 6.03 Å². The summed E-state index contributed by atoms with van der Waals surface area (Å²) in [6.07, 6.45) is 0. The number of phenols is 1. The molecule has 0 aliphatic rings. The molecule has 0 aliphatic carbocycles. The lowest BCUT2D eigenvalue weighted by Crippen LogP contribution is -2.18. The van der Waals surface area contributed by atoms with Crippen LogP contribution < -0.4 is 11.1 Å². The fraction of sp³-hybridized carbons (Fsp3) is 0. The molecule has 4 N–H and O–H groups in total. The molecule has 0 bridgehead atoms. The molecule has 0 unspecified atom stereocenters. The molecule has 72 valence electrons. The van der Waals surface area contributed by atoms with Crippen molar-refractivity contribution < 1.29 is 9.90 Å². The average molecular weight is 209 g/mol. The minimum absolute atomic E-state index is 0.173. The maximum atomic E-state index is 10.5. The number of amides is 2. The number of anilines is 1. The topological polar surface area (TPSA) is 88.2 Å². The lowest BCUT2D eigenvalue weighted by Gasteiger charge is -1.91. The van der Waals surface area contributed by atoms with Gasteiger partial charge in [0.2, 0.25) is 0 Å². The number of nitrogens with two attached hydrogens (primary N) is 1. The van der Waals surface area contributed by atoms with Crippen molar-refractivity contribution in [3.63, 3.8) is 0 Å². The van der Waals surface area contributed by atoms with E-state index in [1.54, 1.807) is 12.1 Å². The largest absolute Gasteiger partial charge is 0.508 e. The third kappa shape index (κ3) is 1.60. The number of nitrogens with zero attached hydrogens (tertiary/aromatic N) is 1. The number of nitrogens with one attached hydrogen (secondary N) is 1. The highest BCUT2D eigenvalue weighted by Gasteiger charge is 2.05. The van der Waals surface area contributed by atoms with Crippen LogP contribution >= 0.6 is 11.3 Å². The number of urea groups is 1. The number of aromatic nitrogens is 1. The third-order valence-corrected chi connectivity index (χ3v) is 2.54. The van der Waals surface area contributed by atoms with Crippen molar-refractivity contribution >= 4 is 32.7 Å². The molecule has 0 radical (unpaired) electrons. The summed E-state index contributed by atoms with van der Waals surface area (Å²) in [5.41, 5.74) is 5.66. The van der Waals surface area contributed by atoms with Gasteiger partial charge in [-0.3, -0.25) is 5.32 Å². The Labute approximate surface area is 83.2 Å². The number of carbonyl (C=O) groups is 1. The number of hydrogen-bond acceptors (Lipinski definition) is 4. The van der Waals surface area contributed by atoms with Crippen LogP contribution in [0.2, 0.25) is 0 Å². The van der Waals surface area contributed by atoms with E-state index in [1.807, 2.05) is 0 Å². The quantitative estimate of drug-likeness (QED) is 0.664. The minimum atomic E-state index is -0.645. The molecule has 5 nitrogen and oxygen atoms in total. The lowest BCUT2D eigenvalue weighted by molar-refractivity contribution is 0.259. The van der Waals surface area contributed by atoms with Crippen molar-refractivity contribution in [2.45, 2.75) is 0 Å². The second-order valence-corrected chi connectivity index (χ2v) is 3.69.